The Kier molecular flexibility index (Phi) is 6.41. The Labute approximate surface area is 66.0 Å². The Morgan fingerprint density at radius 2 is 1.60 bits per heavy atom. The molecule has 51 valence electrons. The Morgan fingerprint density at radius 1 is 1.10 bits per heavy atom. The van der Waals surface area contributed by atoms with Crippen molar-refractivity contribution in [2.45, 2.75) is 0 Å². The van der Waals surface area contributed by atoms with E-state index >= 15 is 0 Å². The van der Waals surface area contributed by atoms with Gasteiger partial charge in [0.05, 0.1) is 0 Å². The van der Waals surface area contributed by atoms with Gasteiger partial charge < -0.3 is 9.59 Å². The summed E-state index contributed by atoms with van der Waals surface area (Å²) in [5.41, 5.74) is 0. The van der Waals surface area contributed by atoms with E-state index in [1.807, 2.05) is 40.8 Å². The summed E-state index contributed by atoms with van der Waals surface area (Å²) in [5, 5.41) is 0.993. The Morgan fingerprint density at radius 3 is 1.90 bits per heavy atom. The van der Waals surface area contributed by atoms with Crippen molar-refractivity contribution in [3.63, 3.8) is 0 Å². The van der Waals surface area contributed by atoms with E-state index in [1.165, 1.54) is 0 Å². The lowest BCUT2D eigenvalue weighted by atomic mass is 10.4. The topological polar surface area (TPSA) is 40.5 Å². The van der Waals surface area contributed by atoms with Crippen molar-refractivity contribution in [3.8, 4) is 0 Å². The number of hydrogen-bond acceptors (Lipinski definition) is 2. The van der Waals surface area contributed by atoms with Crippen LogP contribution in [0.4, 0.5) is 0 Å². The maximum Gasteiger partial charge on any atom is 0.265 e. The van der Waals surface area contributed by atoms with E-state index in [-0.39, 0.29) is 9.76 Å². The molecule has 0 aliphatic rings. The molecule has 2 nitrogen and oxygen atoms in total. The highest BCUT2D eigenvalue weighted by molar-refractivity contribution is 6.45. The van der Waals surface area contributed by atoms with Crippen LogP contribution < -0.4 is 5.19 Å². The molecule has 0 saturated carbocycles. The molecule has 0 amide bonds. The molecule has 0 fully saturated rings. The van der Waals surface area contributed by atoms with E-state index in [0.29, 0.717) is 0 Å². The highest BCUT2D eigenvalue weighted by Gasteiger charge is 1.84. The molecule has 1 aromatic rings. The molecule has 1 aromatic carbocycles. The fourth-order valence-corrected chi connectivity index (χ4v) is 0.854. The van der Waals surface area contributed by atoms with Gasteiger partial charge in [-0.15, -0.1) is 0 Å². The van der Waals surface area contributed by atoms with E-state index in [0.717, 1.165) is 5.19 Å². The van der Waals surface area contributed by atoms with Crippen molar-refractivity contribution in [1.82, 2.24) is 0 Å². The first-order valence-corrected chi connectivity index (χ1v) is 4.00. The Hall–Kier alpha value is -0.426. The minimum Gasteiger partial charge on any atom is -0.433 e. The molecule has 0 aliphatic heterocycles. The summed E-state index contributed by atoms with van der Waals surface area (Å²) in [6, 6.07) is 9.57. The van der Waals surface area contributed by atoms with Gasteiger partial charge in [-0.25, -0.2) is 0 Å². The van der Waals surface area contributed by atoms with Crippen molar-refractivity contribution in [2.75, 3.05) is 0 Å². The Bertz CT molecular complexity index is 155. The second kappa shape index (κ2) is 6.69. The molecule has 0 bridgehead atoms. The van der Waals surface area contributed by atoms with Crippen LogP contribution in [0.2, 0.25) is 0 Å². The van der Waals surface area contributed by atoms with Crippen LogP contribution in [-0.2, 0) is 0 Å². The predicted molar refractivity (Wildman–Crippen MR) is 42.0 cm³/mol. The van der Waals surface area contributed by atoms with Crippen LogP contribution in [0.15, 0.2) is 30.3 Å². The SMILES string of the molecule is O[Si].O[Si]c1ccccc1. The minimum atomic E-state index is -0.0700. The second-order valence-electron chi connectivity index (χ2n) is 1.48. The van der Waals surface area contributed by atoms with Gasteiger partial charge in [-0.2, -0.15) is 0 Å². The zero-order valence-electron chi connectivity index (χ0n) is 5.28. The van der Waals surface area contributed by atoms with Gasteiger partial charge in [0.2, 0.25) is 10.5 Å². The van der Waals surface area contributed by atoms with Crippen LogP contribution in [0.1, 0.15) is 0 Å². The number of rotatable bonds is 1. The largest absolute Gasteiger partial charge is 0.433 e. The fourth-order valence-electron chi connectivity index (χ4n) is 0.513. The average Bonchev–Trinajstić information content (AvgIpc) is 2.10. The molecular formula is C6H7O2Si2. The third kappa shape index (κ3) is 3.57. The zero-order valence-corrected chi connectivity index (χ0v) is 7.28. The van der Waals surface area contributed by atoms with Crippen LogP contribution in [0.25, 0.3) is 0 Å². The van der Waals surface area contributed by atoms with E-state index in [4.69, 9.17) is 9.59 Å². The van der Waals surface area contributed by atoms with Gasteiger partial charge in [-0.05, 0) is 5.19 Å². The lowest BCUT2D eigenvalue weighted by Gasteiger charge is -1.86. The Balaban J connectivity index is 0.000000371. The summed E-state index contributed by atoms with van der Waals surface area (Å²) < 4.78 is 0. The summed E-state index contributed by atoms with van der Waals surface area (Å²) in [5.74, 6) is 0. The minimum absolute atomic E-state index is 0.0700. The predicted octanol–water partition coefficient (Wildman–Crippen LogP) is -1.01. The smallest absolute Gasteiger partial charge is 0.265 e. The standard InChI is InChI=1S/C6H6OSi.HOSi/c7-8-6-4-2-1-3-5-6;1-2/h1-5,7H;1H. The van der Waals surface area contributed by atoms with E-state index in [9.17, 15) is 0 Å². The molecule has 2 N–H and O–H groups in total. The molecule has 0 unspecified atom stereocenters. The van der Waals surface area contributed by atoms with Crippen molar-refractivity contribution in [1.29, 1.82) is 0 Å². The fraction of sp³-hybridized carbons (Fsp3) is 0. The monoisotopic (exact) mass is 167 g/mol. The van der Waals surface area contributed by atoms with Crippen LogP contribution in [0, 0.1) is 0 Å². The normalized spacial score (nSPS) is 7.90. The summed E-state index contributed by atoms with van der Waals surface area (Å²) >= 11 is 0. The first kappa shape index (κ1) is 9.57. The number of benzene rings is 1. The zero-order chi connectivity index (χ0) is 7.82. The second-order valence-corrected chi connectivity index (χ2v) is 2.28. The van der Waals surface area contributed by atoms with Crippen LogP contribution in [0.5, 0.6) is 0 Å². The summed E-state index contributed by atoms with van der Waals surface area (Å²) in [6.45, 7) is 0. The number of hydrogen-bond donors (Lipinski definition) is 2. The van der Waals surface area contributed by atoms with Crippen LogP contribution in [-0.4, -0.2) is 29.8 Å². The third-order valence-electron chi connectivity index (χ3n) is 0.903. The van der Waals surface area contributed by atoms with Gasteiger partial charge in [0.1, 0.15) is 0 Å². The molecule has 0 heterocycles. The summed E-state index contributed by atoms with van der Waals surface area (Å²) in [6.07, 6.45) is 0. The third-order valence-corrected chi connectivity index (χ3v) is 1.49. The summed E-state index contributed by atoms with van der Waals surface area (Å²) in [4.78, 5) is 15.4. The molecule has 5 radical (unpaired) electrons. The highest BCUT2D eigenvalue weighted by Crippen LogP contribution is 1.78. The van der Waals surface area contributed by atoms with Gasteiger partial charge in [0.15, 0.2) is 0 Å². The average molecular weight is 167 g/mol. The van der Waals surface area contributed by atoms with E-state index < -0.39 is 0 Å². The molecule has 0 spiro atoms. The lowest BCUT2D eigenvalue weighted by Crippen LogP contribution is -2.11. The first-order chi connectivity index (χ1) is 4.93. The quantitative estimate of drug-likeness (QED) is 0.526. The maximum absolute atomic E-state index is 8.57. The molecule has 0 saturated heterocycles. The van der Waals surface area contributed by atoms with Crippen molar-refractivity contribution in [3.05, 3.63) is 30.3 Å². The van der Waals surface area contributed by atoms with Gasteiger partial charge in [-0.1, -0.05) is 30.3 Å². The lowest BCUT2D eigenvalue weighted by molar-refractivity contribution is 0.615. The molecule has 0 aliphatic carbocycles. The molecule has 0 aromatic heterocycles. The van der Waals surface area contributed by atoms with Crippen molar-refractivity contribution >= 4 is 25.4 Å². The highest BCUT2D eigenvalue weighted by atomic mass is 28.2. The van der Waals surface area contributed by atoms with Crippen molar-refractivity contribution in [2.24, 2.45) is 0 Å². The van der Waals surface area contributed by atoms with Gasteiger partial charge in [-0.3, -0.25) is 0 Å². The molecule has 1 rings (SSSR count). The molecule has 0 atom stereocenters. The van der Waals surface area contributed by atoms with Gasteiger partial charge in [0, 0.05) is 0 Å². The summed E-state index contributed by atoms with van der Waals surface area (Å²) in [7, 11) is 1.90. The first-order valence-electron chi connectivity index (χ1n) is 2.61. The molecular weight excluding hydrogens is 160 g/mol. The van der Waals surface area contributed by atoms with E-state index in [2.05, 4.69) is 0 Å². The van der Waals surface area contributed by atoms with E-state index in [1.54, 1.807) is 0 Å². The molecule has 4 heteroatoms. The van der Waals surface area contributed by atoms with Crippen LogP contribution in [0.3, 0.4) is 0 Å². The van der Waals surface area contributed by atoms with Crippen molar-refractivity contribution < 1.29 is 9.59 Å². The van der Waals surface area contributed by atoms with Crippen LogP contribution >= 0.6 is 0 Å². The molecule has 10 heavy (non-hydrogen) atoms. The maximum atomic E-state index is 8.57. The van der Waals surface area contributed by atoms with Gasteiger partial charge in [0.25, 0.3) is 9.76 Å². The van der Waals surface area contributed by atoms with Gasteiger partial charge >= 0.3 is 0 Å².